The highest BCUT2D eigenvalue weighted by Crippen LogP contribution is 2.29. The molecule has 2 aromatic rings. The van der Waals surface area contributed by atoms with E-state index in [1.54, 1.807) is 42.7 Å². The fourth-order valence-electron chi connectivity index (χ4n) is 1.64. The topological polar surface area (TPSA) is 62.7 Å². The van der Waals surface area contributed by atoms with Gasteiger partial charge in [0.15, 0.2) is 0 Å². The molecule has 0 unspecified atom stereocenters. The summed E-state index contributed by atoms with van der Waals surface area (Å²) in [5, 5.41) is 9.88. The maximum atomic E-state index is 9.31. The van der Waals surface area contributed by atoms with Crippen LogP contribution in [0, 0.1) is 11.3 Å². The second-order valence-electron chi connectivity index (χ2n) is 3.76. The summed E-state index contributed by atoms with van der Waals surface area (Å²) in [7, 11) is 0. The Hall–Kier alpha value is -1.83. The molecule has 1 aromatic carbocycles. The van der Waals surface area contributed by atoms with E-state index in [9.17, 15) is 5.26 Å². The zero-order chi connectivity index (χ0) is 13.8. The lowest BCUT2D eigenvalue weighted by molar-refractivity contribution is 1.31. The van der Waals surface area contributed by atoms with E-state index in [1.165, 1.54) is 0 Å². The van der Waals surface area contributed by atoms with Crippen molar-refractivity contribution in [2.24, 2.45) is 5.73 Å². The lowest BCUT2D eigenvalue weighted by Gasteiger charge is -2.08. The molecular formula is C14H9BrClN3. The van der Waals surface area contributed by atoms with Crippen molar-refractivity contribution in [3.8, 4) is 6.07 Å². The van der Waals surface area contributed by atoms with Gasteiger partial charge in [-0.05, 0) is 35.9 Å². The summed E-state index contributed by atoms with van der Waals surface area (Å²) in [5.41, 5.74) is 8.29. The van der Waals surface area contributed by atoms with Crippen LogP contribution in [0.4, 0.5) is 0 Å². The molecule has 0 bridgehead atoms. The molecule has 1 aromatic heterocycles. The van der Waals surface area contributed by atoms with Crippen molar-refractivity contribution in [3.05, 3.63) is 63.3 Å². The zero-order valence-electron chi connectivity index (χ0n) is 9.77. The summed E-state index contributed by atoms with van der Waals surface area (Å²) in [4.78, 5) is 3.92. The number of rotatable bonds is 2. The first kappa shape index (κ1) is 13.6. The first-order valence-corrected chi connectivity index (χ1v) is 6.56. The molecule has 0 amide bonds. The molecule has 3 nitrogen and oxygen atoms in total. The van der Waals surface area contributed by atoms with E-state index >= 15 is 0 Å². The summed E-state index contributed by atoms with van der Waals surface area (Å²) in [6.07, 6.45) is 3.24. The molecule has 0 atom stereocenters. The number of hydrogen-bond acceptors (Lipinski definition) is 3. The number of hydrogen-bond donors (Lipinski definition) is 1. The molecular weight excluding hydrogens is 326 g/mol. The average Bonchev–Trinajstić information content (AvgIpc) is 2.43. The van der Waals surface area contributed by atoms with Crippen LogP contribution in [0.5, 0.6) is 0 Å². The zero-order valence-corrected chi connectivity index (χ0v) is 12.1. The fraction of sp³-hybridized carbons (Fsp3) is 0. The van der Waals surface area contributed by atoms with E-state index in [1.807, 2.05) is 0 Å². The van der Waals surface area contributed by atoms with Gasteiger partial charge in [-0.2, -0.15) is 5.26 Å². The minimum Gasteiger partial charge on any atom is -0.397 e. The van der Waals surface area contributed by atoms with Crippen LogP contribution < -0.4 is 5.73 Å². The second kappa shape index (κ2) is 5.87. The minimum atomic E-state index is 0.378. The van der Waals surface area contributed by atoms with Crippen molar-refractivity contribution in [2.75, 3.05) is 0 Å². The van der Waals surface area contributed by atoms with Gasteiger partial charge in [-0.3, -0.25) is 4.98 Å². The largest absolute Gasteiger partial charge is 0.397 e. The second-order valence-corrected chi connectivity index (χ2v) is 5.05. The van der Waals surface area contributed by atoms with Gasteiger partial charge in [0, 0.05) is 27.5 Å². The number of allylic oxidation sites excluding steroid dienone is 1. The van der Waals surface area contributed by atoms with Crippen molar-refractivity contribution in [1.82, 2.24) is 4.98 Å². The van der Waals surface area contributed by atoms with Gasteiger partial charge in [0.05, 0.1) is 11.3 Å². The maximum absolute atomic E-state index is 9.31. The Morgan fingerprint density at radius 3 is 2.58 bits per heavy atom. The van der Waals surface area contributed by atoms with Gasteiger partial charge in [-0.15, -0.1) is 0 Å². The molecule has 19 heavy (non-hydrogen) atoms. The smallest absolute Gasteiger partial charge is 0.102 e. The van der Waals surface area contributed by atoms with Crippen molar-refractivity contribution in [2.45, 2.75) is 0 Å². The molecule has 1 heterocycles. The van der Waals surface area contributed by atoms with Crippen LogP contribution in [0.3, 0.4) is 0 Å². The van der Waals surface area contributed by atoms with E-state index in [4.69, 9.17) is 17.3 Å². The summed E-state index contributed by atoms with van der Waals surface area (Å²) in [6.45, 7) is 0. The first-order chi connectivity index (χ1) is 9.13. The lowest BCUT2D eigenvalue weighted by atomic mass is 10.0. The van der Waals surface area contributed by atoms with Crippen molar-refractivity contribution in [1.29, 1.82) is 5.26 Å². The first-order valence-electron chi connectivity index (χ1n) is 5.39. The van der Waals surface area contributed by atoms with Crippen molar-refractivity contribution in [3.63, 3.8) is 0 Å². The average molecular weight is 335 g/mol. The van der Waals surface area contributed by atoms with Crippen molar-refractivity contribution >= 4 is 38.8 Å². The Morgan fingerprint density at radius 1 is 1.26 bits per heavy atom. The van der Waals surface area contributed by atoms with Gasteiger partial charge in [-0.1, -0.05) is 27.5 Å². The number of nitriles is 1. The molecule has 0 aliphatic rings. The van der Waals surface area contributed by atoms with E-state index in [-0.39, 0.29) is 0 Å². The molecule has 2 rings (SSSR count). The van der Waals surface area contributed by atoms with E-state index < -0.39 is 0 Å². The summed E-state index contributed by atoms with van der Waals surface area (Å²) in [6, 6.07) is 10.9. The van der Waals surface area contributed by atoms with Crippen LogP contribution in [0.25, 0.3) is 11.3 Å². The van der Waals surface area contributed by atoms with Crippen LogP contribution in [-0.2, 0) is 0 Å². The highest BCUT2D eigenvalue weighted by molar-refractivity contribution is 9.10. The van der Waals surface area contributed by atoms with Gasteiger partial charge < -0.3 is 5.73 Å². The normalized spacial score (nSPS) is 11.6. The molecule has 0 saturated carbocycles. The molecule has 0 fully saturated rings. The molecule has 94 valence electrons. The highest BCUT2D eigenvalue weighted by Gasteiger charge is 2.11. The maximum Gasteiger partial charge on any atom is 0.102 e. The predicted molar refractivity (Wildman–Crippen MR) is 80.0 cm³/mol. The number of nitrogens with zero attached hydrogens (tertiary/aromatic N) is 2. The van der Waals surface area contributed by atoms with Crippen LogP contribution in [0.1, 0.15) is 11.1 Å². The standard InChI is InChI=1S/C14H9BrClN3/c15-13-2-1-10(16)7-11(13)14(18)12(8-17)9-3-5-19-6-4-9/h1-7H,18H2/b14-12-. The van der Waals surface area contributed by atoms with E-state index in [0.717, 1.165) is 10.0 Å². The third-order valence-corrected chi connectivity index (χ3v) is 3.50. The molecule has 0 radical (unpaired) electrons. The third-order valence-electron chi connectivity index (χ3n) is 2.57. The number of nitrogens with two attached hydrogens (primary N) is 1. The van der Waals surface area contributed by atoms with E-state index in [0.29, 0.717) is 21.9 Å². The number of aromatic nitrogens is 1. The number of halogens is 2. The van der Waals surface area contributed by atoms with Crippen LogP contribution in [-0.4, -0.2) is 4.98 Å². The van der Waals surface area contributed by atoms with Crippen molar-refractivity contribution < 1.29 is 0 Å². The lowest BCUT2D eigenvalue weighted by Crippen LogP contribution is -2.01. The quantitative estimate of drug-likeness (QED) is 0.849. The molecule has 2 N–H and O–H groups in total. The summed E-state index contributed by atoms with van der Waals surface area (Å²) in [5.74, 6) is 0. The number of pyridine rings is 1. The van der Waals surface area contributed by atoms with Crippen LogP contribution in [0.2, 0.25) is 5.02 Å². The van der Waals surface area contributed by atoms with Gasteiger partial charge in [0.2, 0.25) is 0 Å². The minimum absolute atomic E-state index is 0.378. The van der Waals surface area contributed by atoms with Gasteiger partial charge in [0.25, 0.3) is 0 Å². The Bertz CT molecular complexity index is 675. The van der Waals surface area contributed by atoms with Gasteiger partial charge >= 0.3 is 0 Å². The SMILES string of the molecule is N#C/C(=C(/N)c1cc(Cl)ccc1Br)c1ccncc1. The highest BCUT2D eigenvalue weighted by atomic mass is 79.9. The molecule has 0 aliphatic heterocycles. The Balaban J connectivity index is 2.62. The van der Waals surface area contributed by atoms with Gasteiger partial charge in [-0.25, -0.2) is 0 Å². The number of benzene rings is 1. The molecule has 0 spiro atoms. The summed E-state index contributed by atoms with van der Waals surface area (Å²) >= 11 is 9.37. The summed E-state index contributed by atoms with van der Waals surface area (Å²) < 4.78 is 0.788. The Morgan fingerprint density at radius 2 is 1.95 bits per heavy atom. The molecule has 0 saturated heterocycles. The Labute approximate surface area is 124 Å². The van der Waals surface area contributed by atoms with Crippen LogP contribution >= 0.6 is 27.5 Å². The van der Waals surface area contributed by atoms with E-state index in [2.05, 4.69) is 27.0 Å². The third kappa shape index (κ3) is 2.95. The Kier molecular flexibility index (Phi) is 4.20. The monoisotopic (exact) mass is 333 g/mol. The molecule has 0 aliphatic carbocycles. The molecule has 5 heteroatoms. The van der Waals surface area contributed by atoms with Gasteiger partial charge in [0.1, 0.15) is 6.07 Å². The van der Waals surface area contributed by atoms with Crippen LogP contribution in [0.15, 0.2) is 47.2 Å². The fourth-order valence-corrected chi connectivity index (χ4v) is 2.27. The predicted octanol–water partition coefficient (Wildman–Crippen LogP) is 3.85.